The highest BCUT2D eigenvalue weighted by Crippen LogP contribution is 2.25. The molecule has 0 aliphatic carbocycles. The fourth-order valence-electron chi connectivity index (χ4n) is 3.32. The van der Waals surface area contributed by atoms with Crippen LogP contribution < -0.4 is 0 Å². The van der Waals surface area contributed by atoms with Crippen LogP contribution in [-0.2, 0) is 6.54 Å². The second-order valence-electron chi connectivity index (χ2n) is 6.73. The van der Waals surface area contributed by atoms with Crippen LogP contribution in [0.25, 0.3) is 11.1 Å². The first-order valence-corrected chi connectivity index (χ1v) is 9.95. The minimum absolute atomic E-state index is 0.202. The molecule has 2 aromatic carbocycles. The highest BCUT2D eigenvalue weighted by Gasteiger charge is 2.16. The average Bonchev–Trinajstić information content (AvgIpc) is 3.19. The van der Waals surface area contributed by atoms with E-state index in [-0.39, 0.29) is 5.92 Å². The molecule has 0 fully saturated rings. The van der Waals surface area contributed by atoms with Crippen molar-refractivity contribution in [2.45, 2.75) is 32.2 Å². The van der Waals surface area contributed by atoms with Gasteiger partial charge in [0, 0.05) is 5.92 Å². The van der Waals surface area contributed by atoms with Crippen molar-refractivity contribution in [1.29, 1.82) is 0 Å². The molecular weight excluding hydrogens is 382 g/mol. The highest BCUT2D eigenvalue weighted by atomic mass is 32.1. The molecule has 1 atom stereocenters. The van der Waals surface area contributed by atoms with E-state index in [1.807, 2.05) is 54.1 Å². The molecule has 5 nitrogen and oxygen atoms in total. The Morgan fingerprint density at radius 3 is 2.62 bits per heavy atom. The largest absolute Gasteiger partial charge is 0.478 e. The SMILES string of the molecule is CC=CCC(CC=S)c1ncnn1Cc1ccc(-c2ccccc2C(=O)O)cc1. The van der Waals surface area contributed by atoms with E-state index in [1.165, 1.54) is 0 Å². The van der Waals surface area contributed by atoms with Crippen LogP contribution in [0.15, 0.2) is 67.0 Å². The number of allylic oxidation sites excluding steroid dienone is 2. The molecule has 0 aliphatic heterocycles. The second-order valence-corrected chi connectivity index (χ2v) is 7.06. The van der Waals surface area contributed by atoms with Crippen molar-refractivity contribution in [1.82, 2.24) is 14.8 Å². The number of carboxylic acid groups (broad SMARTS) is 1. The van der Waals surface area contributed by atoms with Crippen molar-refractivity contribution in [3.63, 3.8) is 0 Å². The Kier molecular flexibility index (Phi) is 7.03. The summed E-state index contributed by atoms with van der Waals surface area (Å²) >= 11 is 5.07. The van der Waals surface area contributed by atoms with Crippen LogP contribution in [0, 0.1) is 0 Å². The fraction of sp³-hybridized carbons (Fsp3) is 0.217. The third-order valence-electron chi connectivity index (χ3n) is 4.80. The zero-order valence-electron chi connectivity index (χ0n) is 16.2. The first-order valence-electron chi connectivity index (χ1n) is 9.48. The van der Waals surface area contributed by atoms with Gasteiger partial charge >= 0.3 is 5.97 Å². The molecule has 0 spiro atoms. The zero-order chi connectivity index (χ0) is 20.6. The molecule has 0 saturated heterocycles. The van der Waals surface area contributed by atoms with E-state index >= 15 is 0 Å². The topological polar surface area (TPSA) is 68.0 Å². The Bertz CT molecular complexity index is 1010. The number of thiocarbonyl (C=S) groups is 1. The van der Waals surface area contributed by atoms with Crippen LogP contribution in [0.4, 0.5) is 0 Å². The molecule has 1 heterocycles. The summed E-state index contributed by atoms with van der Waals surface area (Å²) in [5.41, 5.74) is 2.95. The lowest BCUT2D eigenvalue weighted by molar-refractivity contribution is 0.0697. The molecule has 3 rings (SSSR count). The minimum Gasteiger partial charge on any atom is -0.478 e. The fourth-order valence-corrected chi connectivity index (χ4v) is 3.55. The Labute approximate surface area is 175 Å². The van der Waals surface area contributed by atoms with Gasteiger partial charge in [-0.2, -0.15) is 5.10 Å². The van der Waals surface area contributed by atoms with E-state index < -0.39 is 5.97 Å². The van der Waals surface area contributed by atoms with Gasteiger partial charge in [-0.3, -0.25) is 0 Å². The quantitative estimate of drug-likeness (QED) is 0.395. The average molecular weight is 406 g/mol. The lowest BCUT2D eigenvalue weighted by Crippen LogP contribution is -2.12. The van der Waals surface area contributed by atoms with Gasteiger partial charge in [0.05, 0.1) is 12.1 Å². The molecule has 1 aromatic heterocycles. The van der Waals surface area contributed by atoms with E-state index in [2.05, 4.69) is 16.2 Å². The Balaban J connectivity index is 1.82. The lowest BCUT2D eigenvalue weighted by atomic mass is 9.98. The summed E-state index contributed by atoms with van der Waals surface area (Å²) in [6.07, 6.45) is 7.37. The first-order chi connectivity index (χ1) is 14.1. The normalized spacial score (nSPS) is 12.2. The van der Waals surface area contributed by atoms with Crippen LogP contribution in [0.1, 0.15) is 47.4 Å². The molecular formula is C23H23N3O2S. The third kappa shape index (κ3) is 5.03. The van der Waals surface area contributed by atoms with Crippen molar-refractivity contribution in [2.75, 3.05) is 0 Å². The molecule has 148 valence electrons. The van der Waals surface area contributed by atoms with Gasteiger partial charge in [0.1, 0.15) is 12.2 Å². The second kappa shape index (κ2) is 9.89. The molecule has 29 heavy (non-hydrogen) atoms. The number of aromatic carboxylic acids is 1. The molecule has 0 aliphatic rings. The number of aromatic nitrogens is 3. The van der Waals surface area contributed by atoms with Crippen LogP contribution in [-0.4, -0.2) is 31.2 Å². The summed E-state index contributed by atoms with van der Waals surface area (Å²) in [6, 6.07) is 14.9. The number of benzene rings is 2. The standard InChI is InChI=1S/C23H23N3O2S/c1-2-3-6-19(13-14-29)22-24-16-25-26(22)15-17-9-11-18(12-10-17)20-7-4-5-8-21(20)23(27)28/h2-5,7-12,14,16,19H,6,13,15H2,1H3,(H,27,28). The summed E-state index contributed by atoms with van der Waals surface area (Å²) in [7, 11) is 0. The van der Waals surface area contributed by atoms with Gasteiger partial charge in [-0.05, 0) is 47.9 Å². The molecule has 1 unspecified atom stereocenters. The molecule has 0 saturated carbocycles. The van der Waals surface area contributed by atoms with E-state index in [4.69, 9.17) is 12.2 Å². The van der Waals surface area contributed by atoms with Crippen molar-refractivity contribution in [3.8, 4) is 11.1 Å². The Hall–Kier alpha value is -3.12. The van der Waals surface area contributed by atoms with Gasteiger partial charge in [0.2, 0.25) is 0 Å². The summed E-state index contributed by atoms with van der Waals surface area (Å²) < 4.78 is 1.91. The van der Waals surface area contributed by atoms with E-state index in [0.717, 1.165) is 29.8 Å². The summed E-state index contributed by atoms with van der Waals surface area (Å²) in [4.78, 5) is 15.9. The zero-order valence-corrected chi connectivity index (χ0v) is 17.0. The monoisotopic (exact) mass is 405 g/mol. The molecule has 1 N–H and O–H groups in total. The van der Waals surface area contributed by atoms with Gasteiger partial charge in [-0.25, -0.2) is 14.5 Å². The Morgan fingerprint density at radius 1 is 1.17 bits per heavy atom. The predicted molar refractivity (Wildman–Crippen MR) is 118 cm³/mol. The summed E-state index contributed by atoms with van der Waals surface area (Å²) in [5.74, 6) is 0.195. The van der Waals surface area contributed by atoms with Crippen molar-refractivity contribution >= 4 is 23.6 Å². The maximum atomic E-state index is 11.5. The van der Waals surface area contributed by atoms with Gasteiger partial charge in [0.25, 0.3) is 0 Å². The van der Waals surface area contributed by atoms with E-state index in [1.54, 1.807) is 23.8 Å². The Morgan fingerprint density at radius 2 is 1.93 bits per heavy atom. The number of nitrogens with zero attached hydrogens (tertiary/aromatic N) is 3. The van der Waals surface area contributed by atoms with Gasteiger partial charge in [-0.1, -0.05) is 66.8 Å². The maximum Gasteiger partial charge on any atom is 0.336 e. The highest BCUT2D eigenvalue weighted by molar-refractivity contribution is 7.78. The molecule has 3 aromatic rings. The van der Waals surface area contributed by atoms with Crippen molar-refractivity contribution in [3.05, 3.63) is 84.0 Å². The van der Waals surface area contributed by atoms with E-state index in [9.17, 15) is 9.90 Å². The van der Waals surface area contributed by atoms with Gasteiger partial charge in [0.15, 0.2) is 0 Å². The summed E-state index contributed by atoms with van der Waals surface area (Å²) in [5, 5.41) is 15.6. The molecule has 0 bridgehead atoms. The minimum atomic E-state index is -0.928. The van der Waals surface area contributed by atoms with Crippen molar-refractivity contribution in [2.24, 2.45) is 0 Å². The van der Waals surface area contributed by atoms with E-state index in [0.29, 0.717) is 17.7 Å². The van der Waals surface area contributed by atoms with Gasteiger partial charge < -0.3 is 5.11 Å². The van der Waals surface area contributed by atoms with Crippen LogP contribution in [0.3, 0.4) is 0 Å². The number of hydrogen-bond donors (Lipinski definition) is 1. The maximum absolute atomic E-state index is 11.5. The lowest BCUT2D eigenvalue weighted by Gasteiger charge is -2.14. The van der Waals surface area contributed by atoms with Crippen LogP contribution >= 0.6 is 12.2 Å². The van der Waals surface area contributed by atoms with Crippen LogP contribution in [0.2, 0.25) is 0 Å². The number of hydrogen-bond acceptors (Lipinski definition) is 4. The van der Waals surface area contributed by atoms with Crippen molar-refractivity contribution < 1.29 is 9.90 Å². The van der Waals surface area contributed by atoms with Gasteiger partial charge in [-0.15, -0.1) is 0 Å². The van der Waals surface area contributed by atoms with Crippen LogP contribution in [0.5, 0.6) is 0 Å². The smallest absolute Gasteiger partial charge is 0.336 e. The molecule has 6 heteroatoms. The first kappa shape index (κ1) is 20.6. The predicted octanol–water partition coefficient (Wildman–Crippen LogP) is 5.13. The number of rotatable bonds is 9. The summed E-state index contributed by atoms with van der Waals surface area (Å²) in [6.45, 7) is 2.60. The number of carboxylic acids is 1. The molecule has 0 amide bonds. The number of carbonyl (C=O) groups is 1. The molecule has 0 radical (unpaired) electrons. The third-order valence-corrected chi connectivity index (χ3v) is 4.99.